The molecule has 1 amide bonds. The highest BCUT2D eigenvalue weighted by atomic mass is 19.4. The minimum absolute atomic E-state index is 0.0590. The van der Waals surface area contributed by atoms with Crippen molar-refractivity contribution in [2.24, 2.45) is 5.41 Å². The van der Waals surface area contributed by atoms with Gasteiger partial charge in [-0.05, 0) is 97.0 Å². The van der Waals surface area contributed by atoms with Gasteiger partial charge in [-0.2, -0.15) is 31.6 Å². The van der Waals surface area contributed by atoms with Crippen LogP contribution in [0.15, 0.2) is 42.0 Å². The Kier molecular flexibility index (Phi) is 7.51. The van der Waals surface area contributed by atoms with Crippen LogP contribution in [0.4, 0.5) is 31.1 Å². The van der Waals surface area contributed by atoms with Crippen LogP contribution in [0.25, 0.3) is 5.57 Å². The molecule has 0 unspecified atom stereocenters. The van der Waals surface area contributed by atoms with Crippen molar-refractivity contribution in [3.8, 4) is 11.8 Å². The second-order valence-electron chi connectivity index (χ2n) is 12.5. The fraction of sp³-hybridized carbons (Fsp3) is 0.500. The zero-order valence-corrected chi connectivity index (χ0v) is 24.2. The largest absolute Gasteiger partial charge is 0.496 e. The number of benzene rings is 2. The fourth-order valence-corrected chi connectivity index (χ4v) is 6.23. The summed E-state index contributed by atoms with van der Waals surface area (Å²) >= 11 is 0. The Morgan fingerprint density at radius 3 is 2.19 bits per heavy atom. The Labute approximate surface area is 246 Å². The van der Waals surface area contributed by atoms with E-state index in [0.29, 0.717) is 30.7 Å². The van der Waals surface area contributed by atoms with Gasteiger partial charge in [0.15, 0.2) is 0 Å². The summed E-state index contributed by atoms with van der Waals surface area (Å²) in [6, 6.07) is 8.54. The van der Waals surface area contributed by atoms with E-state index in [-0.39, 0.29) is 23.6 Å². The third kappa shape index (κ3) is 5.93. The average Bonchev–Trinajstić information content (AvgIpc) is 3.68. The lowest BCUT2D eigenvalue weighted by atomic mass is 9.72. The molecule has 1 heterocycles. The van der Waals surface area contributed by atoms with Crippen molar-refractivity contribution in [1.82, 2.24) is 4.90 Å². The summed E-state index contributed by atoms with van der Waals surface area (Å²) < 4.78 is 92.3. The van der Waals surface area contributed by atoms with Crippen LogP contribution in [-0.4, -0.2) is 30.7 Å². The predicted molar refractivity (Wildman–Crippen MR) is 146 cm³/mol. The number of nitrogens with zero attached hydrogens (tertiary/aromatic N) is 2. The first-order valence-corrected chi connectivity index (χ1v) is 14.1. The molecule has 11 heteroatoms. The van der Waals surface area contributed by atoms with Crippen molar-refractivity contribution in [3.63, 3.8) is 0 Å². The molecule has 0 radical (unpaired) electrons. The Hall–Kier alpha value is -3.68. The molecule has 5 rings (SSSR count). The first kappa shape index (κ1) is 30.8. The van der Waals surface area contributed by atoms with Gasteiger partial charge in [0, 0.05) is 12.1 Å². The molecule has 2 fully saturated rings. The van der Waals surface area contributed by atoms with Crippen molar-refractivity contribution in [1.29, 1.82) is 5.26 Å². The Morgan fingerprint density at radius 1 is 1.02 bits per heavy atom. The lowest BCUT2D eigenvalue weighted by Crippen LogP contribution is -2.35. The number of alkyl halides is 6. The summed E-state index contributed by atoms with van der Waals surface area (Å²) in [7, 11) is 1.55. The lowest BCUT2D eigenvalue weighted by Gasteiger charge is -2.36. The molecule has 0 spiro atoms. The van der Waals surface area contributed by atoms with E-state index in [0.717, 1.165) is 41.5 Å². The standard InChI is InChI=1S/C32H32F6N2O3/c1-18-27(19-11-22(31(33,34)35)13-23(12-19)32(36,37)38)43-28(41)40(18)16-20-15-29(2,3)8-7-24(20)25-14-21(5-6-26(25)42-4)30(17-39)9-10-30/h5-6,11-14,18,27H,7-10,15-16H2,1-4H3/t18-,27-/m0/s1. The molecular formula is C32H32F6N2O3. The van der Waals surface area contributed by atoms with Gasteiger partial charge in [0.2, 0.25) is 0 Å². The smallest absolute Gasteiger partial charge is 0.416 e. The van der Waals surface area contributed by atoms with E-state index in [4.69, 9.17) is 9.47 Å². The molecule has 0 aromatic heterocycles. The maximum atomic E-state index is 13.5. The number of methoxy groups -OCH3 is 1. The zero-order valence-electron chi connectivity index (χ0n) is 24.2. The Bertz CT molecular complexity index is 1480. The van der Waals surface area contributed by atoms with Gasteiger partial charge in [0.25, 0.3) is 0 Å². The van der Waals surface area contributed by atoms with E-state index in [1.165, 1.54) is 4.90 Å². The normalized spacial score (nSPS) is 23.2. The van der Waals surface area contributed by atoms with Crippen molar-refractivity contribution >= 4 is 11.7 Å². The van der Waals surface area contributed by atoms with Crippen LogP contribution in [-0.2, 0) is 22.5 Å². The van der Waals surface area contributed by atoms with E-state index >= 15 is 0 Å². The van der Waals surface area contributed by atoms with E-state index in [1.807, 2.05) is 18.2 Å². The predicted octanol–water partition coefficient (Wildman–Crippen LogP) is 8.83. The van der Waals surface area contributed by atoms with Crippen LogP contribution in [0.1, 0.15) is 86.8 Å². The molecule has 1 saturated carbocycles. The number of halogens is 6. The topological polar surface area (TPSA) is 62.6 Å². The van der Waals surface area contributed by atoms with Gasteiger partial charge in [0.05, 0.1) is 35.8 Å². The molecule has 3 aliphatic rings. The fourth-order valence-electron chi connectivity index (χ4n) is 6.23. The number of allylic oxidation sites excluding steroid dienone is 1. The summed E-state index contributed by atoms with van der Waals surface area (Å²) in [6.07, 6.45) is -8.57. The maximum absolute atomic E-state index is 13.5. The number of carbonyl (C=O) groups is 1. The highest BCUT2D eigenvalue weighted by molar-refractivity contribution is 5.77. The molecule has 5 nitrogen and oxygen atoms in total. The number of ether oxygens (including phenoxy) is 2. The molecular weight excluding hydrogens is 574 g/mol. The number of hydrogen-bond donors (Lipinski definition) is 0. The van der Waals surface area contributed by atoms with Crippen LogP contribution in [0.3, 0.4) is 0 Å². The monoisotopic (exact) mass is 606 g/mol. The minimum atomic E-state index is -5.02. The second-order valence-corrected chi connectivity index (χ2v) is 12.5. The zero-order chi connectivity index (χ0) is 31.5. The summed E-state index contributed by atoms with van der Waals surface area (Å²) in [4.78, 5) is 14.5. The minimum Gasteiger partial charge on any atom is -0.496 e. The molecule has 43 heavy (non-hydrogen) atoms. The average molecular weight is 607 g/mol. The van der Waals surface area contributed by atoms with Crippen LogP contribution < -0.4 is 4.74 Å². The summed E-state index contributed by atoms with van der Waals surface area (Å²) in [5.74, 6) is 0.614. The van der Waals surface area contributed by atoms with Crippen LogP contribution >= 0.6 is 0 Å². The van der Waals surface area contributed by atoms with E-state index < -0.39 is 47.1 Å². The van der Waals surface area contributed by atoms with Crippen molar-refractivity contribution in [2.75, 3.05) is 13.7 Å². The van der Waals surface area contributed by atoms with Gasteiger partial charge in [-0.25, -0.2) is 4.79 Å². The molecule has 2 aliphatic carbocycles. The number of rotatable bonds is 6. The van der Waals surface area contributed by atoms with Crippen molar-refractivity contribution in [3.05, 3.63) is 69.8 Å². The van der Waals surface area contributed by atoms with Crippen LogP contribution in [0.5, 0.6) is 5.75 Å². The van der Waals surface area contributed by atoms with E-state index in [1.54, 1.807) is 14.0 Å². The van der Waals surface area contributed by atoms with Gasteiger partial charge in [-0.3, -0.25) is 4.90 Å². The Morgan fingerprint density at radius 2 is 1.65 bits per heavy atom. The quantitative estimate of drug-likeness (QED) is 0.308. The SMILES string of the molecule is COc1ccc(C2(C#N)CC2)cc1C1=C(CN2C(=O)O[C@H](c3cc(C(F)(F)F)cc(C(F)(F)F)c3)[C@@H]2C)CC(C)(C)CC1. The molecule has 0 bridgehead atoms. The molecule has 1 aliphatic heterocycles. The first-order chi connectivity index (χ1) is 20.0. The highest BCUT2D eigenvalue weighted by Crippen LogP contribution is 2.51. The highest BCUT2D eigenvalue weighted by Gasteiger charge is 2.46. The van der Waals surface area contributed by atoms with E-state index in [2.05, 4.69) is 19.9 Å². The maximum Gasteiger partial charge on any atom is 0.416 e. The summed E-state index contributed by atoms with van der Waals surface area (Å²) in [5.41, 5.74) is -0.389. The number of nitriles is 1. The third-order valence-electron chi connectivity index (χ3n) is 8.90. The lowest BCUT2D eigenvalue weighted by molar-refractivity contribution is -0.143. The van der Waals surface area contributed by atoms with Crippen LogP contribution in [0, 0.1) is 16.7 Å². The van der Waals surface area contributed by atoms with Crippen molar-refractivity contribution < 1.29 is 40.6 Å². The number of carbonyl (C=O) groups excluding carboxylic acids is 1. The second kappa shape index (κ2) is 10.5. The molecule has 2 aromatic carbocycles. The van der Waals surface area contributed by atoms with Gasteiger partial charge < -0.3 is 9.47 Å². The van der Waals surface area contributed by atoms with Gasteiger partial charge >= 0.3 is 18.4 Å². The third-order valence-corrected chi connectivity index (χ3v) is 8.90. The molecule has 1 saturated heterocycles. The number of amides is 1. The van der Waals surface area contributed by atoms with Gasteiger partial charge in [-0.15, -0.1) is 0 Å². The number of cyclic esters (lactones) is 1. The summed E-state index contributed by atoms with van der Waals surface area (Å²) in [6.45, 7) is 5.84. The number of hydrogen-bond acceptors (Lipinski definition) is 4. The molecule has 230 valence electrons. The first-order valence-electron chi connectivity index (χ1n) is 14.1. The summed E-state index contributed by atoms with van der Waals surface area (Å²) in [5, 5.41) is 9.77. The molecule has 0 N–H and O–H groups in total. The molecule has 2 aromatic rings. The Balaban J connectivity index is 1.53. The van der Waals surface area contributed by atoms with Gasteiger partial charge in [-0.1, -0.05) is 19.9 Å². The van der Waals surface area contributed by atoms with Gasteiger partial charge in [0.1, 0.15) is 11.9 Å². The van der Waals surface area contributed by atoms with Crippen LogP contribution in [0.2, 0.25) is 0 Å². The van der Waals surface area contributed by atoms with Crippen molar-refractivity contribution in [2.45, 2.75) is 82.8 Å². The van der Waals surface area contributed by atoms with E-state index in [9.17, 15) is 36.4 Å². The molecule has 2 atom stereocenters.